The van der Waals surface area contributed by atoms with Gasteiger partial charge in [-0.1, -0.05) is 59.3 Å². The molecule has 0 aromatic carbocycles. The van der Waals surface area contributed by atoms with Gasteiger partial charge in [-0.15, -0.1) is 0 Å². The fraction of sp³-hybridized carbons (Fsp3) is 0.873. The van der Waals surface area contributed by atoms with Crippen molar-refractivity contribution in [3.8, 4) is 0 Å². The van der Waals surface area contributed by atoms with Crippen molar-refractivity contribution in [2.75, 3.05) is 26.4 Å². The van der Waals surface area contributed by atoms with Gasteiger partial charge < -0.3 is 104 Å². The van der Waals surface area contributed by atoms with Crippen molar-refractivity contribution in [2.45, 2.75) is 224 Å². The highest BCUT2D eigenvalue weighted by atomic mass is 16.8. The molecule has 0 spiro atoms. The summed E-state index contributed by atoms with van der Waals surface area (Å²) in [5.41, 5.74) is -3.78. The first-order chi connectivity index (χ1) is 36.9. The molecule has 0 aromatic rings. The van der Waals surface area contributed by atoms with Crippen molar-refractivity contribution in [3.63, 3.8) is 0 Å². The lowest BCUT2D eigenvalue weighted by Crippen LogP contribution is -2.72. The maximum atomic E-state index is 13.3. The van der Waals surface area contributed by atoms with Crippen LogP contribution in [0.1, 0.15) is 107 Å². The summed E-state index contributed by atoms with van der Waals surface area (Å²) < 4.78 is 47.7. The van der Waals surface area contributed by atoms with E-state index in [-0.39, 0.29) is 31.3 Å². The zero-order chi connectivity index (χ0) is 58.4. The van der Waals surface area contributed by atoms with Crippen LogP contribution in [0.25, 0.3) is 0 Å². The van der Waals surface area contributed by atoms with Gasteiger partial charge in [0, 0.05) is 23.3 Å². The zero-order valence-corrected chi connectivity index (χ0v) is 46.4. The van der Waals surface area contributed by atoms with Gasteiger partial charge in [-0.2, -0.15) is 0 Å². The minimum Gasteiger partial charge on any atom is -0.479 e. The smallest absolute Gasteiger partial charge is 0.335 e. The number of rotatable bonds is 14. The number of aliphatic hydroxyl groups excluding tert-OH is 12. The molecule has 24 nitrogen and oxygen atoms in total. The summed E-state index contributed by atoms with van der Waals surface area (Å²) in [5, 5.41) is 144. The summed E-state index contributed by atoms with van der Waals surface area (Å²) in [6.07, 6.45) is -26.8. The topological polar surface area (TPSA) is 388 Å². The lowest BCUT2D eigenvalue weighted by molar-refractivity contribution is -0.392. The number of carboxylic acids is 1. The number of esters is 2. The lowest BCUT2D eigenvalue weighted by Gasteiger charge is -2.72. The average molecular weight is 1130 g/mol. The first-order valence-electron chi connectivity index (χ1n) is 27.7. The number of ether oxygens (including phenoxy) is 8. The fourth-order valence-corrected chi connectivity index (χ4v) is 16.1. The highest BCUT2D eigenvalue weighted by Crippen LogP contribution is 2.76. The van der Waals surface area contributed by atoms with E-state index < -0.39 is 193 Å². The number of carbonyl (C=O) groups excluding carboxylic acids is 2. The van der Waals surface area contributed by atoms with Crippen molar-refractivity contribution in [1.82, 2.24) is 0 Å². The maximum Gasteiger partial charge on any atom is 0.335 e. The molecule has 13 N–H and O–H groups in total. The molecule has 7 fully saturated rings. The van der Waals surface area contributed by atoms with Crippen molar-refractivity contribution >= 4 is 17.9 Å². The number of aliphatic carboxylic acids is 1. The van der Waals surface area contributed by atoms with E-state index in [0.29, 0.717) is 37.7 Å². The van der Waals surface area contributed by atoms with Crippen LogP contribution in [-0.2, 0) is 52.3 Å². The van der Waals surface area contributed by atoms with Crippen LogP contribution in [0.4, 0.5) is 0 Å². The molecular formula is C55H86O24. The summed E-state index contributed by atoms with van der Waals surface area (Å²) in [6, 6.07) is 0. The predicted octanol–water partition coefficient (Wildman–Crippen LogP) is -1.32. The Labute approximate surface area is 459 Å². The van der Waals surface area contributed by atoms with Crippen LogP contribution in [0.2, 0.25) is 0 Å². The van der Waals surface area contributed by atoms with Crippen LogP contribution >= 0.6 is 0 Å². The number of carboxylic acid groups (broad SMARTS) is 1. The third-order valence-corrected chi connectivity index (χ3v) is 21.0. The van der Waals surface area contributed by atoms with Gasteiger partial charge >= 0.3 is 17.9 Å². The molecule has 24 heteroatoms. The molecule has 1 unspecified atom stereocenters. The van der Waals surface area contributed by atoms with E-state index >= 15 is 0 Å². The molecule has 3 aliphatic heterocycles. The summed E-state index contributed by atoms with van der Waals surface area (Å²) in [4.78, 5) is 39.0. The van der Waals surface area contributed by atoms with Gasteiger partial charge in [0.1, 0.15) is 86.0 Å². The van der Waals surface area contributed by atoms with Gasteiger partial charge in [0.05, 0.1) is 37.4 Å². The fourth-order valence-electron chi connectivity index (χ4n) is 16.1. The van der Waals surface area contributed by atoms with Crippen LogP contribution in [-0.4, -0.2) is 227 Å². The van der Waals surface area contributed by atoms with Crippen LogP contribution in [0.5, 0.6) is 0 Å². The largest absolute Gasteiger partial charge is 0.479 e. The molecule has 8 rings (SSSR count). The van der Waals surface area contributed by atoms with Gasteiger partial charge in [-0.25, -0.2) is 9.59 Å². The Hall–Kier alpha value is -2.83. The van der Waals surface area contributed by atoms with Crippen LogP contribution < -0.4 is 0 Å². The first kappa shape index (κ1) is 62.2. The van der Waals surface area contributed by atoms with Crippen molar-refractivity contribution in [3.05, 3.63) is 23.3 Å². The van der Waals surface area contributed by atoms with Crippen molar-refractivity contribution < 1.29 is 119 Å². The number of aliphatic hydroxyl groups is 12. The third-order valence-electron chi connectivity index (χ3n) is 21.0. The molecule has 5 aliphatic carbocycles. The minimum absolute atomic E-state index is 0.0849. The second kappa shape index (κ2) is 22.6. The molecule has 0 radical (unpaired) electrons. The second-order valence-corrected chi connectivity index (χ2v) is 25.6. The highest BCUT2D eigenvalue weighted by molar-refractivity contribution is 5.87. The standard InChI is InChI=1S/C55H86O24/c1-10-23(2)46(71)79-44-43(68)55(22-72-24(3)59)26(17-50(44,4)5)25-11-12-30-51(6)15-14-32(52(7,21-58)29(51)13-16-53(30,8)54(25,9)18-31(55)60)75-49-41(77-48-38(66)36(64)34(62)28(20-57)74-48)39(67)40(42(78-49)45(69)70)76-47-37(65)35(63)33(61)27(19-56)73-47/h10-11,26-44,47-49,56-58,60-68H,12-22H2,1-9H3,(H,69,70)/t26-,27+,28+,29+,30+,31+,32-,33+,34+,35-,36-,37+,38+,39-,40-,41+,42-,43-,44-,47-,48?,49+,51-,52+,53+,54+,55-/m0/s1. The molecule has 0 bridgehead atoms. The predicted molar refractivity (Wildman–Crippen MR) is 269 cm³/mol. The SMILES string of the molecule is CC=C(C)C(=O)O[C@H]1[C@H](O)[C@]2(COC(C)=O)[C@H](O)C[C@]3(C)C(=CC[C@@H]4[C@@]5(C)CC[C@H](O[C@@H]6O[C@H](C(=O)O)[C@@H](O[C@@H]7O[C@H](CO)[C@@H](O)[C@H](O)[C@H]7O)[C@H](O)[C@H]6OC6O[C@H](CO)[C@@H](O)[C@H](O)[C@H]6O)[C@](C)(CO)[C@@H]5CC[C@]43C)[C@@H]2CC1(C)C. The summed E-state index contributed by atoms with van der Waals surface area (Å²) in [5.74, 6) is -3.82. The highest BCUT2D eigenvalue weighted by Gasteiger charge is 2.74. The summed E-state index contributed by atoms with van der Waals surface area (Å²) in [7, 11) is 0. The Balaban J connectivity index is 1.11. The number of allylic oxidation sites excluding steroid dienone is 3. The lowest BCUT2D eigenvalue weighted by atomic mass is 9.33. The van der Waals surface area contributed by atoms with E-state index in [1.54, 1.807) is 19.9 Å². The van der Waals surface area contributed by atoms with E-state index in [0.717, 1.165) is 5.57 Å². The molecule has 79 heavy (non-hydrogen) atoms. The number of hydrogen-bond donors (Lipinski definition) is 13. The Bertz CT molecular complexity index is 2290. The average Bonchev–Trinajstić information content (AvgIpc) is 3.39. The number of hydrogen-bond acceptors (Lipinski definition) is 23. The molecule has 8 aliphatic rings. The van der Waals surface area contributed by atoms with Gasteiger partial charge in [0.15, 0.2) is 25.0 Å². The van der Waals surface area contributed by atoms with Crippen molar-refractivity contribution in [2.24, 2.45) is 50.2 Å². The molecule has 27 atom stereocenters. The van der Waals surface area contributed by atoms with E-state index in [9.17, 15) is 80.8 Å². The Morgan fingerprint density at radius 3 is 1.81 bits per heavy atom. The van der Waals surface area contributed by atoms with Gasteiger partial charge in [-0.3, -0.25) is 4.79 Å². The van der Waals surface area contributed by atoms with Crippen LogP contribution in [0, 0.1) is 50.2 Å². The molecule has 0 aromatic heterocycles. The van der Waals surface area contributed by atoms with Crippen LogP contribution in [0.3, 0.4) is 0 Å². The second-order valence-electron chi connectivity index (χ2n) is 25.6. The Kier molecular flexibility index (Phi) is 17.8. The molecule has 450 valence electrons. The van der Waals surface area contributed by atoms with E-state index in [1.165, 1.54) is 6.92 Å². The van der Waals surface area contributed by atoms with Crippen molar-refractivity contribution in [1.29, 1.82) is 0 Å². The van der Waals surface area contributed by atoms with E-state index in [2.05, 4.69) is 26.8 Å². The molecule has 3 saturated heterocycles. The summed E-state index contributed by atoms with van der Waals surface area (Å²) >= 11 is 0. The summed E-state index contributed by atoms with van der Waals surface area (Å²) in [6.45, 7) is 14.3. The third kappa shape index (κ3) is 10.0. The molecule has 0 amide bonds. The van der Waals surface area contributed by atoms with Crippen LogP contribution in [0.15, 0.2) is 23.3 Å². The zero-order valence-electron chi connectivity index (χ0n) is 46.4. The molecule has 3 heterocycles. The minimum atomic E-state index is -2.18. The number of fused-ring (bicyclic) bond motifs is 7. The monoisotopic (exact) mass is 1130 g/mol. The number of carbonyl (C=O) groups is 3. The Morgan fingerprint density at radius 1 is 0.696 bits per heavy atom. The van der Waals surface area contributed by atoms with Gasteiger partial charge in [0.2, 0.25) is 0 Å². The normalized spacial score (nSPS) is 50.6. The molecular weight excluding hydrogens is 1040 g/mol. The van der Waals surface area contributed by atoms with E-state index in [1.807, 2.05) is 20.8 Å². The maximum absolute atomic E-state index is 13.3. The van der Waals surface area contributed by atoms with E-state index in [4.69, 9.17) is 37.9 Å². The Morgan fingerprint density at radius 2 is 1.28 bits per heavy atom. The first-order valence-corrected chi connectivity index (χ1v) is 27.7. The quantitative estimate of drug-likeness (QED) is 0.0415. The van der Waals surface area contributed by atoms with Gasteiger partial charge in [0.25, 0.3) is 0 Å². The molecule has 4 saturated carbocycles. The van der Waals surface area contributed by atoms with Gasteiger partial charge in [-0.05, 0) is 92.8 Å².